The van der Waals surface area contributed by atoms with Gasteiger partial charge in [0.15, 0.2) is 0 Å². The maximum Gasteiger partial charge on any atom is 0.310 e. The molecule has 2 rings (SSSR count). The van der Waals surface area contributed by atoms with Crippen LogP contribution in [0.15, 0.2) is 30.3 Å². The Morgan fingerprint density at radius 2 is 2.19 bits per heavy atom. The minimum absolute atomic E-state index is 0.471. The number of hydrogen-bond donors (Lipinski definition) is 1. The summed E-state index contributed by atoms with van der Waals surface area (Å²) < 4.78 is 5.19. The molecule has 0 spiro atoms. The van der Waals surface area contributed by atoms with Gasteiger partial charge in [-0.25, -0.2) is 0 Å². The molecule has 1 N–H and O–H groups in total. The number of benzene rings is 1. The topological polar surface area (TPSA) is 46.5 Å². The second kappa shape index (κ2) is 3.99. The Morgan fingerprint density at radius 3 is 2.69 bits per heavy atom. The zero-order chi connectivity index (χ0) is 11.6. The summed E-state index contributed by atoms with van der Waals surface area (Å²) in [6, 6.07) is 9.47. The van der Waals surface area contributed by atoms with Gasteiger partial charge in [0.2, 0.25) is 0 Å². The van der Waals surface area contributed by atoms with Crippen LogP contribution in [0.2, 0.25) is 0 Å². The van der Waals surface area contributed by atoms with Crippen LogP contribution in [0.1, 0.15) is 12.0 Å². The highest BCUT2D eigenvalue weighted by atomic mass is 16.5. The van der Waals surface area contributed by atoms with E-state index in [4.69, 9.17) is 9.84 Å². The fourth-order valence-corrected chi connectivity index (χ4v) is 1.65. The first-order chi connectivity index (χ1) is 7.68. The molecule has 0 bridgehead atoms. The van der Waals surface area contributed by atoms with Gasteiger partial charge in [-0.05, 0) is 12.1 Å². The van der Waals surface area contributed by atoms with Crippen molar-refractivity contribution in [2.75, 3.05) is 7.11 Å². The molecule has 1 fully saturated rings. The predicted molar refractivity (Wildman–Crippen MR) is 58.8 cm³/mol. The van der Waals surface area contributed by atoms with Gasteiger partial charge in [-0.1, -0.05) is 30.0 Å². The van der Waals surface area contributed by atoms with Crippen LogP contribution in [-0.4, -0.2) is 23.8 Å². The summed E-state index contributed by atoms with van der Waals surface area (Å²) in [7, 11) is 1.50. The van der Waals surface area contributed by atoms with Gasteiger partial charge >= 0.3 is 5.97 Å². The minimum Gasteiger partial charge on any atom is -0.481 e. The Hall–Kier alpha value is -1.79. The van der Waals surface area contributed by atoms with Gasteiger partial charge in [-0.3, -0.25) is 4.79 Å². The zero-order valence-electron chi connectivity index (χ0n) is 8.93. The van der Waals surface area contributed by atoms with Crippen molar-refractivity contribution in [3.8, 4) is 11.8 Å². The second-order valence-electron chi connectivity index (χ2n) is 3.80. The van der Waals surface area contributed by atoms with Crippen molar-refractivity contribution in [1.82, 2.24) is 0 Å². The van der Waals surface area contributed by atoms with Crippen LogP contribution in [0.5, 0.6) is 0 Å². The molecular weight excluding hydrogens is 204 g/mol. The molecule has 0 aromatic heterocycles. The Kier molecular flexibility index (Phi) is 2.67. The monoisotopic (exact) mass is 216 g/mol. The molecule has 0 aliphatic heterocycles. The molecule has 1 saturated carbocycles. The van der Waals surface area contributed by atoms with Crippen LogP contribution < -0.4 is 0 Å². The lowest BCUT2D eigenvalue weighted by atomic mass is 10.2. The highest BCUT2D eigenvalue weighted by Crippen LogP contribution is 2.46. The smallest absolute Gasteiger partial charge is 0.310 e. The second-order valence-corrected chi connectivity index (χ2v) is 3.80. The third-order valence-corrected chi connectivity index (χ3v) is 2.76. The number of carboxylic acid groups (broad SMARTS) is 1. The van der Waals surface area contributed by atoms with Gasteiger partial charge in [0.25, 0.3) is 0 Å². The summed E-state index contributed by atoms with van der Waals surface area (Å²) in [5.74, 6) is 4.52. The van der Waals surface area contributed by atoms with Crippen molar-refractivity contribution < 1.29 is 14.6 Å². The molecule has 0 amide bonds. The van der Waals surface area contributed by atoms with E-state index in [1.54, 1.807) is 0 Å². The molecule has 3 nitrogen and oxygen atoms in total. The van der Waals surface area contributed by atoms with Crippen molar-refractivity contribution in [3.63, 3.8) is 0 Å². The Bertz CT molecular complexity index is 455. The molecule has 16 heavy (non-hydrogen) atoms. The lowest BCUT2D eigenvalue weighted by molar-refractivity contribution is -0.140. The molecule has 0 saturated heterocycles. The van der Waals surface area contributed by atoms with Crippen LogP contribution in [0.3, 0.4) is 0 Å². The van der Waals surface area contributed by atoms with E-state index in [-0.39, 0.29) is 0 Å². The van der Waals surface area contributed by atoms with Gasteiger partial charge < -0.3 is 9.84 Å². The number of aliphatic carboxylic acids is 1. The average molecular weight is 216 g/mol. The van der Waals surface area contributed by atoms with Crippen LogP contribution in [0.25, 0.3) is 0 Å². The molecular formula is C13H12O3. The van der Waals surface area contributed by atoms with E-state index in [2.05, 4.69) is 11.8 Å². The molecule has 2 atom stereocenters. The molecule has 82 valence electrons. The van der Waals surface area contributed by atoms with E-state index < -0.39 is 17.5 Å². The summed E-state index contributed by atoms with van der Waals surface area (Å²) >= 11 is 0. The Labute approximate surface area is 94.0 Å². The lowest BCUT2D eigenvalue weighted by Gasteiger charge is -2.04. The first-order valence-electron chi connectivity index (χ1n) is 5.04. The normalized spacial score (nSPS) is 26.7. The quantitative estimate of drug-likeness (QED) is 0.762. The zero-order valence-corrected chi connectivity index (χ0v) is 8.93. The van der Waals surface area contributed by atoms with Crippen LogP contribution in [-0.2, 0) is 9.53 Å². The number of ether oxygens (including phenoxy) is 1. The first-order valence-corrected chi connectivity index (χ1v) is 5.04. The molecule has 1 aliphatic rings. The van der Waals surface area contributed by atoms with E-state index in [1.165, 1.54) is 7.11 Å². The van der Waals surface area contributed by atoms with Crippen LogP contribution in [0, 0.1) is 17.8 Å². The molecule has 0 heterocycles. The summed E-state index contributed by atoms with van der Waals surface area (Å²) in [6.45, 7) is 0. The summed E-state index contributed by atoms with van der Waals surface area (Å²) in [4.78, 5) is 10.8. The fraction of sp³-hybridized carbons (Fsp3) is 0.308. The highest BCUT2D eigenvalue weighted by Gasteiger charge is 2.59. The minimum atomic E-state index is -0.843. The lowest BCUT2D eigenvalue weighted by Crippen LogP contribution is -2.17. The van der Waals surface area contributed by atoms with E-state index >= 15 is 0 Å². The number of carboxylic acids is 1. The summed E-state index contributed by atoms with van der Waals surface area (Å²) in [5, 5.41) is 8.87. The molecule has 1 aliphatic carbocycles. The number of hydrogen-bond acceptors (Lipinski definition) is 2. The van der Waals surface area contributed by atoms with E-state index in [0.29, 0.717) is 6.42 Å². The molecule has 0 unspecified atom stereocenters. The number of rotatable bonds is 2. The Morgan fingerprint density at radius 1 is 1.50 bits per heavy atom. The maximum atomic E-state index is 10.8. The van der Waals surface area contributed by atoms with Gasteiger partial charge in [0, 0.05) is 19.1 Å². The third-order valence-electron chi connectivity index (χ3n) is 2.76. The molecule has 0 radical (unpaired) electrons. The fourth-order valence-electron chi connectivity index (χ4n) is 1.65. The molecule has 1 aromatic carbocycles. The molecule has 1 aromatic rings. The SMILES string of the molecule is CO[C@@]1(C#Cc2ccccc2)C[C@@H]1C(=O)O. The van der Waals surface area contributed by atoms with Gasteiger partial charge in [0.1, 0.15) is 11.5 Å². The first kappa shape index (κ1) is 10.7. The third kappa shape index (κ3) is 1.93. The van der Waals surface area contributed by atoms with Crippen molar-refractivity contribution in [2.45, 2.75) is 12.0 Å². The average Bonchev–Trinajstić information content (AvgIpc) is 3.04. The summed E-state index contributed by atoms with van der Waals surface area (Å²) in [6.07, 6.45) is 0.471. The molecule has 3 heteroatoms. The maximum absolute atomic E-state index is 10.8. The van der Waals surface area contributed by atoms with E-state index in [9.17, 15) is 4.79 Å². The summed E-state index contributed by atoms with van der Waals surface area (Å²) in [5.41, 5.74) is 0.0942. The largest absolute Gasteiger partial charge is 0.481 e. The van der Waals surface area contributed by atoms with Crippen molar-refractivity contribution in [3.05, 3.63) is 35.9 Å². The number of methoxy groups -OCH3 is 1. The van der Waals surface area contributed by atoms with E-state index in [0.717, 1.165) is 5.56 Å². The predicted octanol–water partition coefficient (Wildman–Crippen LogP) is 1.53. The van der Waals surface area contributed by atoms with Crippen LogP contribution in [0.4, 0.5) is 0 Å². The van der Waals surface area contributed by atoms with Gasteiger partial charge in [0.05, 0.1) is 0 Å². The van der Waals surface area contributed by atoms with E-state index in [1.807, 2.05) is 30.3 Å². The Balaban J connectivity index is 2.16. The highest BCUT2D eigenvalue weighted by molar-refractivity contribution is 5.77. The number of carbonyl (C=O) groups is 1. The standard InChI is InChI=1S/C13H12O3/c1-16-13(9-11(13)12(14)15)8-7-10-5-3-2-4-6-10/h2-6,11H,9H2,1H3,(H,14,15)/t11-,13+/m1/s1. The van der Waals surface area contributed by atoms with Gasteiger partial charge in [-0.2, -0.15) is 0 Å². The van der Waals surface area contributed by atoms with Crippen LogP contribution >= 0.6 is 0 Å². The van der Waals surface area contributed by atoms with Gasteiger partial charge in [-0.15, -0.1) is 0 Å². The van der Waals surface area contributed by atoms with Crippen molar-refractivity contribution in [2.24, 2.45) is 5.92 Å². The van der Waals surface area contributed by atoms with Crippen molar-refractivity contribution >= 4 is 5.97 Å². The van der Waals surface area contributed by atoms with Crippen molar-refractivity contribution in [1.29, 1.82) is 0 Å².